The fraction of sp³-hybridized carbons (Fsp3) is 0.400. The van der Waals surface area contributed by atoms with Crippen LogP contribution >= 0.6 is 0 Å². The molecule has 0 saturated heterocycles. The molecule has 1 heterocycles. The van der Waals surface area contributed by atoms with Gasteiger partial charge in [0.05, 0.1) is 5.52 Å². The monoisotopic (exact) mass is 326 g/mol. The summed E-state index contributed by atoms with van der Waals surface area (Å²) in [5.74, 6) is 0.758. The van der Waals surface area contributed by atoms with E-state index in [9.17, 15) is 4.79 Å². The summed E-state index contributed by atoms with van der Waals surface area (Å²) < 4.78 is 0. The van der Waals surface area contributed by atoms with E-state index in [1.807, 2.05) is 36.4 Å². The first-order chi connectivity index (χ1) is 11.6. The minimum absolute atomic E-state index is 0.109. The molecule has 0 aliphatic heterocycles. The quantitative estimate of drug-likeness (QED) is 0.731. The van der Waals surface area contributed by atoms with Crippen LogP contribution in [0.1, 0.15) is 32.3 Å². The fourth-order valence-electron chi connectivity index (χ4n) is 2.89. The van der Waals surface area contributed by atoms with Gasteiger partial charge in [-0.15, -0.1) is 0 Å². The van der Waals surface area contributed by atoms with E-state index >= 15 is 0 Å². The Hall–Kier alpha value is -2.20. The molecule has 1 amide bonds. The number of aliphatic hydroxyl groups excluding tert-OH is 1. The lowest BCUT2D eigenvalue weighted by molar-refractivity contribution is -0.116. The Morgan fingerprint density at radius 3 is 2.83 bits per heavy atom. The van der Waals surface area contributed by atoms with Gasteiger partial charge in [-0.05, 0) is 48.4 Å². The smallest absolute Gasteiger partial charge is 0.244 e. The number of nitrogens with one attached hydrogen (secondary N) is 1. The maximum atomic E-state index is 12.1. The number of carbonyl (C=O) groups excluding carboxylic acids is 1. The molecular weight excluding hydrogens is 300 g/mol. The summed E-state index contributed by atoms with van der Waals surface area (Å²) in [6, 6.07) is 9.77. The van der Waals surface area contributed by atoms with Crippen LogP contribution in [0.15, 0.2) is 42.6 Å². The molecule has 0 fully saturated rings. The lowest BCUT2D eigenvalue weighted by Crippen LogP contribution is -2.29. The van der Waals surface area contributed by atoms with E-state index in [2.05, 4.69) is 24.1 Å². The number of aliphatic hydroxyl groups is 1. The van der Waals surface area contributed by atoms with Crippen molar-refractivity contribution in [3.63, 3.8) is 0 Å². The number of fused-ring (bicyclic) bond motifs is 1. The molecule has 1 aromatic heterocycles. The zero-order chi connectivity index (χ0) is 17.4. The number of hydrogen-bond acceptors (Lipinski definition) is 3. The summed E-state index contributed by atoms with van der Waals surface area (Å²) in [5, 5.41) is 13.1. The van der Waals surface area contributed by atoms with Crippen LogP contribution in [0.5, 0.6) is 0 Å². The van der Waals surface area contributed by atoms with Gasteiger partial charge in [0.1, 0.15) is 0 Å². The Morgan fingerprint density at radius 2 is 2.08 bits per heavy atom. The highest BCUT2D eigenvalue weighted by atomic mass is 16.3. The average molecular weight is 326 g/mol. The zero-order valence-corrected chi connectivity index (χ0v) is 14.4. The van der Waals surface area contributed by atoms with Gasteiger partial charge in [-0.2, -0.15) is 0 Å². The van der Waals surface area contributed by atoms with Crippen LogP contribution in [0.4, 0.5) is 0 Å². The van der Waals surface area contributed by atoms with Crippen molar-refractivity contribution in [1.29, 1.82) is 0 Å². The topological polar surface area (TPSA) is 62.2 Å². The normalized spacial score (nSPS) is 12.8. The van der Waals surface area contributed by atoms with E-state index < -0.39 is 0 Å². The minimum Gasteiger partial charge on any atom is -0.396 e. The van der Waals surface area contributed by atoms with Crippen LogP contribution in [0.3, 0.4) is 0 Å². The van der Waals surface area contributed by atoms with Crippen LogP contribution in [0, 0.1) is 11.8 Å². The number of rotatable bonds is 8. The Bertz CT molecular complexity index is 690. The predicted molar refractivity (Wildman–Crippen MR) is 98.4 cm³/mol. The Labute approximate surface area is 143 Å². The lowest BCUT2D eigenvalue weighted by atomic mass is 9.94. The summed E-state index contributed by atoms with van der Waals surface area (Å²) >= 11 is 0. The van der Waals surface area contributed by atoms with Crippen molar-refractivity contribution in [2.75, 3.05) is 13.2 Å². The summed E-state index contributed by atoms with van der Waals surface area (Å²) in [5.41, 5.74) is 1.89. The molecular formula is C20H26N2O2. The largest absolute Gasteiger partial charge is 0.396 e. The summed E-state index contributed by atoms with van der Waals surface area (Å²) in [6.45, 7) is 5.06. The van der Waals surface area contributed by atoms with Gasteiger partial charge in [-0.25, -0.2) is 0 Å². The number of aromatic nitrogens is 1. The standard InChI is InChI=1S/C20H26N2O2/c1-15(2)13-16(10-12-23)14-22-20(24)8-7-17-9-11-21-19-6-4-3-5-18(17)19/h3-9,11,15-16,23H,10,12-14H2,1-2H3,(H,22,24)/b8-7+. The summed E-state index contributed by atoms with van der Waals surface area (Å²) in [7, 11) is 0. The first-order valence-electron chi connectivity index (χ1n) is 8.50. The third-order valence-corrected chi connectivity index (χ3v) is 4.00. The van der Waals surface area contributed by atoms with Crippen molar-refractivity contribution in [2.45, 2.75) is 26.7 Å². The molecule has 2 aromatic rings. The van der Waals surface area contributed by atoms with Crippen LogP contribution in [0.2, 0.25) is 0 Å². The first kappa shape index (κ1) is 18.1. The average Bonchev–Trinajstić information content (AvgIpc) is 2.57. The van der Waals surface area contributed by atoms with Crippen molar-refractivity contribution in [3.8, 4) is 0 Å². The van der Waals surface area contributed by atoms with Crippen LogP contribution in [-0.2, 0) is 4.79 Å². The molecule has 0 spiro atoms. The number of nitrogens with zero attached hydrogens (tertiary/aromatic N) is 1. The number of benzene rings is 1. The van der Waals surface area contributed by atoms with Crippen LogP contribution < -0.4 is 5.32 Å². The van der Waals surface area contributed by atoms with E-state index in [1.54, 1.807) is 12.3 Å². The molecule has 1 atom stereocenters. The molecule has 1 aromatic carbocycles. The van der Waals surface area contributed by atoms with E-state index in [1.165, 1.54) is 0 Å². The molecule has 24 heavy (non-hydrogen) atoms. The van der Waals surface area contributed by atoms with Gasteiger partial charge in [0.15, 0.2) is 0 Å². The van der Waals surface area contributed by atoms with E-state index in [4.69, 9.17) is 5.11 Å². The van der Waals surface area contributed by atoms with Crippen molar-refractivity contribution in [3.05, 3.63) is 48.2 Å². The highest BCUT2D eigenvalue weighted by Crippen LogP contribution is 2.17. The van der Waals surface area contributed by atoms with Crippen LogP contribution in [0.25, 0.3) is 17.0 Å². The van der Waals surface area contributed by atoms with Crippen molar-refractivity contribution in [2.24, 2.45) is 11.8 Å². The lowest BCUT2D eigenvalue weighted by Gasteiger charge is -2.18. The van der Waals surface area contributed by atoms with Gasteiger partial charge in [0, 0.05) is 30.8 Å². The summed E-state index contributed by atoms with van der Waals surface area (Å²) in [4.78, 5) is 16.4. The predicted octanol–water partition coefficient (Wildman–Crippen LogP) is 3.41. The number of para-hydroxylation sites is 1. The maximum absolute atomic E-state index is 12.1. The number of hydrogen-bond donors (Lipinski definition) is 2. The molecule has 0 bridgehead atoms. The number of carbonyl (C=O) groups is 1. The molecule has 4 heteroatoms. The summed E-state index contributed by atoms with van der Waals surface area (Å²) in [6.07, 6.45) is 6.85. The van der Waals surface area contributed by atoms with Gasteiger partial charge >= 0.3 is 0 Å². The first-order valence-corrected chi connectivity index (χ1v) is 8.50. The Balaban J connectivity index is 1.97. The van der Waals surface area contributed by atoms with Crippen molar-refractivity contribution < 1.29 is 9.90 Å². The van der Waals surface area contributed by atoms with Crippen molar-refractivity contribution >= 4 is 22.9 Å². The zero-order valence-electron chi connectivity index (χ0n) is 14.4. The third-order valence-electron chi connectivity index (χ3n) is 4.00. The van der Waals surface area contributed by atoms with E-state index in [-0.39, 0.29) is 12.5 Å². The fourth-order valence-corrected chi connectivity index (χ4v) is 2.89. The van der Waals surface area contributed by atoms with Gasteiger partial charge in [-0.1, -0.05) is 32.0 Å². The molecule has 0 aliphatic carbocycles. The molecule has 128 valence electrons. The maximum Gasteiger partial charge on any atom is 0.244 e. The second kappa shape index (κ2) is 9.18. The molecule has 4 nitrogen and oxygen atoms in total. The Morgan fingerprint density at radius 1 is 1.29 bits per heavy atom. The highest BCUT2D eigenvalue weighted by molar-refractivity contribution is 5.95. The van der Waals surface area contributed by atoms with Gasteiger partial charge in [-0.3, -0.25) is 9.78 Å². The SMILES string of the molecule is CC(C)CC(CCO)CNC(=O)/C=C/c1ccnc2ccccc12. The third kappa shape index (κ3) is 5.46. The molecule has 0 aliphatic rings. The molecule has 0 radical (unpaired) electrons. The molecule has 1 unspecified atom stereocenters. The van der Waals surface area contributed by atoms with Gasteiger partial charge in [0.25, 0.3) is 0 Å². The molecule has 0 saturated carbocycles. The second-order valence-corrected chi connectivity index (χ2v) is 6.50. The Kier molecular flexibility index (Phi) is 6.94. The van der Waals surface area contributed by atoms with E-state index in [0.717, 1.165) is 29.3 Å². The number of pyridine rings is 1. The minimum atomic E-state index is -0.109. The van der Waals surface area contributed by atoms with Gasteiger partial charge < -0.3 is 10.4 Å². The van der Waals surface area contributed by atoms with Crippen LogP contribution in [-0.4, -0.2) is 29.1 Å². The van der Waals surface area contributed by atoms with Crippen molar-refractivity contribution in [1.82, 2.24) is 10.3 Å². The molecule has 2 rings (SSSR count). The van der Waals surface area contributed by atoms with E-state index in [0.29, 0.717) is 18.4 Å². The number of amides is 1. The highest BCUT2D eigenvalue weighted by Gasteiger charge is 2.11. The molecule has 2 N–H and O–H groups in total. The van der Waals surface area contributed by atoms with Gasteiger partial charge in [0.2, 0.25) is 5.91 Å². The second-order valence-electron chi connectivity index (χ2n) is 6.50.